The number of hydrogen-bond donors (Lipinski definition) is 0. The number of ketones is 1. The summed E-state index contributed by atoms with van der Waals surface area (Å²) < 4.78 is 22.1. The van der Waals surface area contributed by atoms with Crippen LogP contribution < -0.4 is 9.47 Å². The molecule has 3 aromatic carbocycles. The normalized spacial score (nSPS) is 16.9. The van der Waals surface area contributed by atoms with E-state index in [4.69, 9.17) is 18.9 Å². The Kier molecular flexibility index (Phi) is 7.60. The summed E-state index contributed by atoms with van der Waals surface area (Å²) in [5.74, 6) is 0.536. The first kappa shape index (κ1) is 23.1. The molecule has 0 radical (unpaired) electrons. The van der Waals surface area contributed by atoms with Crippen LogP contribution in [-0.4, -0.2) is 25.0 Å². The van der Waals surface area contributed by atoms with Crippen molar-refractivity contribution < 1.29 is 28.5 Å². The van der Waals surface area contributed by atoms with Crippen LogP contribution in [0, 0.1) is 0 Å². The van der Waals surface area contributed by atoms with E-state index < -0.39 is 12.1 Å². The second-order valence-corrected chi connectivity index (χ2v) is 7.89. The quantitative estimate of drug-likeness (QED) is 0.242. The van der Waals surface area contributed by atoms with Crippen molar-refractivity contribution in [2.45, 2.75) is 31.7 Å². The fourth-order valence-corrected chi connectivity index (χ4v) is 3.62. The van der Waals surface area contributed by atoms with Gasteiger partial charge in [0.25, 0.3) is 0 Å². The number of carbonyl (C=O) groups excluding carboxylic acids is 2. The van der Waals surface area contributed by atoms with Crippen LogP contribution in [-0.2, 0) is 20.9 Å². The smallest absolute Gasteiger partial charge is 0.314 e. The molecule has 0 N–H and O–H groups in total. The second-order valence-electron chi connectivity index (χ2n) is 7.89. The Balaban J connectivity index is 1.26. The fourth-order valence-electron chi connectivity index (χ4n) is 3.62. The summed E-state index contributed by atoms with van der Waals surface area (Å²) in [5.41, 5.74) is 2.45. The molecule has 1 aliphatic rings. The number of ether oxygens (including phenoxy) is 4. The van der Waals surface area contributed by atoms with E-state index in [0.717, 1.165) is 16.9 Å². The standard InChI is InChI=1S/C28H26O6/c1-31-23-11-9-22(10-12-23)27-17-25(15-16-32-27)34-28(30)18-26(29)21-7-13-24(14-8-21)33-19-20-5-3-2-4-6-20/h2-16,25,27H,17-19H2,1H3/t25-,27+/m1/s1. The van der Waals surface area contributed by atoms with Crippen LogP contribution in [0.15, 0.2) is 91.2 Å². The Labute approximate surface area is 198 Å². The van der Waals surface area contributed by atoms with Gasteiger partial charge in [-0.2, -0.15) is 0 Å². The summed E-state index contributed by atoms with van der Waals surface area (Å²) in [5, 5.41) is 0. The van der Waals surface area contributed by atoms with Crippen LogP contribution in [0.4, 0.5) is 0 Å². The van der Waals surface area contributed by atoms with E-state index in [1.54, 1.807) is 37.5 Å². The molecular formula is C28H26O6. The highest BCUT2D eigenvalue weighted by Gasteiger charge is 2.25. The van der Waals surface area contributed by atoms with E-state index in [9.17, 15) is 9.59 Å². The van der Waals surface area contributed by atoms with Crippen molar-refractivity contribution >= 4 is 11.8 Å². The first-order valence-electron chi connectivity index (χ1n) is 11.1. The van der Waals surface area contributed by atoms with E-state index in [1.807, 2.05) is 54.6 Å². The first-order valence-corrected chi connectivity index (χ1v) is 11.1. The van der Waals surface area contributed by atoms with Gasteiger partial charge in [-0.1, -0.05) is 42.5 Å². The summed E-state index contributed by atoms with van der Waals surface area (Å²) in [6.45, 7) is 0.441. The Hall–Kier alpha value is -4.06. The van der Waals surface area contributed by atoms with Gasteiger partial charge in [-0.15, -0.1) is 0 Å². The van der Waals surface area contributed by atoms with E-state index in [-0.39, 0.29) is 18.3 Å². The second kappa shape index (κ2) is 11.2. The van der Waals surface area contributed by atoms with Crippen molar-refractivity contribution in [3.63, 3.8) is 0 Å². The van der Waals surface area contributed by atoms with Crippen molar-refractivity contribution in [2.75, 3.05) is 7.11 Å². The number of methoxy groups -OCH3 is 1. The lowest BCUT2D eigenvalue weighted by atomic mass is 10.0. The molecule has 0 unspecified atom stereocenters. The number of hydrogen-bond acceptors (Lipinski definition) is 6. The zero-order valence-electron chi connectivity index (χ0n) is 18.9. The van der Waals surface area contributed by atoms with E-state index in [0.29, 0.717) is 24.3 Å². The molecule has 4 rings (SSSR count). The molecule has 1 aliphatic heterocycles. The van der Waals surface area contributed by atoms with E-state index in [2.05, 4.69) is 0 Å². The van der Waals surface area contributed by atoms with Gasteiger partial charge in [0, 0.05) is 12.0 Å². The molecule has 6 heteroatoms. The van der Waals surface area contributed by atoms with Gasteiger partial charge in [-0.25, -0.2) is 0 Å². The summed E-state index contributed by atoms with van der Waals surface area (Å²) in [4.78, 5) is 24.9. The molecule has 2 atom stereocenters. The molecule has 3 aromatic rings. The maximum absolute atomic E-state index is 12.5. The molecule has 0 fully saturated rings. The minimum atomic E-state index is -0.570. The topological polar surface area (TPSA) is 71.1 Å². The molecule has 0 bridgehead atoms. The maximum Gasteiger partial charge on any atom is 0.314 e. The van der Waals surface area contributed by atoms with E-state index >= 15 is 0 Å². The Morgan fingerprint density at radius 1 is 0.912 bits per heavy atom. The van der Waals surface area contributed by atoms with Gasteiger partial charge in [0.1, 0.15) is 36.7 Å². The minimum absolute atomic E-state index is 0.243. The van der Waals surface area contributed by atoms with Gasteiger partial charge in [-0.05, 0) is 53.6 Å². The zero-order chi connectivity index (χ0) is 23.8. The Bertz CT molecular complexity index is 1120. The van der Waals surface area contributed by atoms with Gasteiger partial charge >= 0.3 is 5.97 Å². The average Bonchev–Trinajstić information content (AvgIpc) is 2.88. The molecular weight excluding hydrogens is 432 g/mol. The van der Waals surface area contributed by atoms with Crippen LogP contribution in [0.3, 0.4) is 0 Å². The molecule has 0 spiro atoms. The van der Waals surface area contributed by atoms with Crippen LogP contribution in [0.2, 0.25) is 0 Å². The molecule has 174 valence electrons. The van der Waals surface area contributed by atoms with Gasteiger partial charge in [0.05, 0.1) is 13.4 Å². The van der Waals surface area contributed by atoms with Crippen LogP contribution in [0.1, 0.15) is 40.4 Å². The Morgan fingerprint density at radius 3 is 2.32 bits per heavy atom. The van der Waals surface area contributed by atoms with Crippen molar-refractivity contribution in [1.82, 2.24) is 0 Å². The van der Waals surface area contributed by atoms with Crippen LogP contribution >= 0.6 is 0 Å². The monoisotopic (exact) mass is 458 g/mol. The summed E-state index contributed by atoms with van der Waals surface area (Å²) in [6.07, 6.45) is 2.65. The summed E-state index contributed by atoms with van der Waals surface area (Å²) in [6, 6.07) is 24.1. The third-order valence-electron chi connectivity index (χ3n) is 5.48. The molecule has 6 nitrogen and oxygen atoms in total. The average molecular weight is 459 g/mol. The van der Waals surface area contributed by atoms with Crippen molar-refractivity contribution in [2.24, 2.45) is 0 Å². The lowest BCUT2D eigenvalue weighted by Gasteiger charge is -2.25. The maximum atomic E-state index is 12.5. The molecule has 0 saturated heterocycles. The van der Waals surface area contributed by atoms with Gasteiger partial charge in [0.15, 0.2) is 5.78 Å². The predicted octanol–water partition coefficient (Wildman–Crippen LogP) is 5.43. The fraction of sp³-hybridized carbons (Fsp3) is 0.214. The van der Waals surface area contributed by atoms with Gasteiger partial charge in [0.2, 0.25) is 0 Å². The Morgan fingerprint density at radius 2 is 1.62 bits per heavy atom. The third-order valence-corrected chi connectivity index (χ3v) is 5.48. The largest absolute Gasteiger partial charge is 0.497 e. The predicted molar refractivity (Wildman–Crippen MR) is 127 cm³/mol. The lowest BCUT2D eigenvalue weighted by Crippen LogP contribution is -2.24. The highest BCUT2D eigenvalue weighted by Crippen LogP contribution is 2.29. The molecule has 0 saturated carbocycles. The zero-order valence-corrected chi connectivity index (χ0v) is 18.9. The third kappa shape index (κ3) is 6.25. The van der Waals surface area contributed by atoms with Gasteiger partial charge < -0.3 is 18.9 Å². The van der Waals surface area contributed by atoms with Crippen molar-refractivity contribution in [1.29, 1.82) is 0 Å². The molecule has 0 aromatic heterocycles. The van der Waals surface area contributed by atoms with Crippen LogP contribution in [0.25, 0.3) is 0 Å². The van der Waals surface area contributed by atoms with Gasteiger partial charge in [-0.3, -0.25) is 9.59 Å². The number of rotatable bonds is 9. The molecule has 0 amide bonds. The van der Waals surface area contributed by atoms with Crippen molar-refractivity contribution in [3.8, 4) is 11.5 Å². The van der Waals surface area contributed by atoms with E-state index in [1.165, 1.54) is 6.26 Å². The highest BCUT2D eigenvalue weighted by atomic mass is 16.5. The lowest BCUT2D eigenvalue weighted by molar-refractivity contribution is -0.147. The number of carbonyl (C=O) groups is 2. The highest BCUT2D eigenvalue weighted by molar-refractivity contribution is 6.06. The SMILES string of the molecule is COc1ccc([C@@H]2C[C@H](OC(=O)CC(=O)c3ccc(OCc4ccccc4)cc3)C=CO2)cc1. The minimum Gasteiger partial charge on any atom is -0.497 e. The molecule has 0 aliphatic carbocycles. The number of Topliss-reactive ketones (excluding diaryl/α,β-unsaturated/α-hetero) is 1. The number of esters is 1. The molecule has 34 heavy (non-hydrogen) atoms. The van der Waals surface area contributed by atoms with Crippen molar-refractivity contribution in [3.05, 3.63) is 108 Å². The number of benzene rings is 3. The van der Waals surface area contributed by atoms with Crippen LogP contribution in [0.5, 0.6) is 11.5 Å². The first-order chi connectivity index (χ1) is 16.6. The summed E-state index contributed by atoms with van der Waals surface area (Å²) in [7, 11) is 1.61. The molecule has 1 heterocycles. The summed E-state index contributed by atoms with van der Waals surface area (Å²) >= 11 is 0.